The molecular formula is C28H35F3N2O4. The molecule has 1 amide bonds. The van der Waals surface area contributed by atoms with E-state index >= 15 is 0 Å². The second-order valence-electron chi connectivity index (χ2n) is 9.66. The van der Waals surface area contributed by atoms with E-state index in [0.717, 1.165) is 38.2 Å². The fraction of sp³-hybridized carbons (Fsp3) is 0.536. The SMILES string of the molecule is COc1ccc2c(c1)OCCN(Cc1cccc(C(F)(F)F)c1)CCCC[C@@H]1[C@H](OC)CCCN1C2=O. The van der Waals surface area contributed by atoms with Crippen molar-refractivity contribution in [1.29, 1.82) is 0 Å². The second kappa shape index (κ2) is 12.2. The van der Waals surface area contributed by atoms with Gasteiger partial charge in [0.1, 0.15) is 18.1 Å². The minimum Gasteiger partial charge on any atom is -0.497 e. The quantitative estimate of drug-likeness (QED) is 0.541. The zero-order valence-electron chi connectivity index (χ0n) is 21.4. The second-order valence-corrected chi connectivity index (χ2v) is 9.66. The molecule has 9 heteroatoms. The van der Waals surface area contributed by atoms with Crippen LogP contribution in [0.2, 0.25) is 0 Å². The highest BCUT2D eigenvalue weighted by atomic mass is 19.4. The molecule has 0 radical (unpaired) electrons. The summed E-state index contributed by atoms with van der Waals surface area (Å²) in [6.07, 6.45) is -0.104. The zero-order valence-corrected chi connectivity index (χ0v) is 21.4. The van der Waals surface area contributed by atoms with Crippen LogP contribution in [-0.4, -0.2) is 68.3 Å². The van der Waals surface area contributed by atoms with Crippen molar-refractivity contribution in [2.24, 2.45) is 0 Å². The Morgan fingerprint density at radius 2 is 1.84 bits per heavy atom. The van der Waals surface area contributed by atoms with Gasteiger partial charge in [-0.15, -0.1) is 0 Å². The van der Waals surface area contributed by atoms with Crippen molar-refractivity contribution >= 4 is 5.91 Å². The first kappa shape index (κ1) is 27.3. The number of piperidine rings is 1. The van der Waals surface area contributed by atoms with Crippen molar-refractivity contribution in [2.45, 2.75) is 57.0 Å². The van der Waals surface area contributed by atoms with Crippen LogP contribution in [0.25, 0.3) is 0 Å². The lowest BCUT2D eigenvalue weighted by Gasteiger charge is -2.41. The highest BCUT2D eigenvalue weighted by Gasteiger charge is 2.36. The number of methoxy groups -OCH3 is 2. The van der Waals surface area contributed by atoms with Gasteiger partial charge in [0.15, 0.2) is 0 Å². The molecule has 2 aromatic carbocycles. The highest BCUT2D eigenvalue weighted by Crippen LogP contribution is 2.32. The lowest BCUT2D eigenvalue weighted by molar-refractivity contribution is -0.137. The van der Waals surface area contributed by atoms with Gasteiger partial charge >= 0.3 is 6.18 Å². The van der Waals surface area contributed by atoms with E-state index in [4.69, 9.17) is 14.2 Å². The minimum absolute atomic E-state index is 0.0355. The smallest absolute Gasteiger partial charge is 0.416 e. The summed E-state index contributed by atoms with van der Waals surface area (Å²) in [6, 6.07) is 10.6. The molecule has 2 atom stereocenters. The Bertz CT molecular complexity index is 1060. The Labute approximate surface area is 216 Å². The molecule has 6 nitrogen and oxygen atoms in total. The molecule has 0 bridgehead atoms. The van der Waals surface area contributed by atoms with Crippen LogP contribution in [0.5, 0.6) is 11.5 Å². The normalized spacial score (nSPS) is 22.1. The van der Waals surface area contributed by atoms with Gasteiger partial charge in [-0.1, -0.05) is 24.6 Å². The number of fused-ring (bicyclic) bond motifs is 2. The first-order chi connectivity index (χ1) is 17.8. The zero-order chi connectivity index (χ0) is 26.4. The summed E-state index contributed by atoms with van der Waals surface area (Å²) in [4.78, 5) is 17.7. The predicted molar refractivity (Wildman–Crippen MR) is 134 cm³/mol. The fourth-order valence-corrected chi connectivity index (χ4v) is 5.32. The van der Waals surface area contributed by atoms with E-state index < -0.39 is 11.7 Å². The van der Waals surface area contributed by atoms with Gasteiger partial charge in [0.25, 0.3) is 5.91 Å². The Kier molecular flexibility index (Phi) is 8.97. The predicted octanol–water partition coefficient (Wildman–Crippen LogP) is 5.40. The van der Waals surface area contributed by atoms with E-state index in [1.807, 2.05) is 4.90 Å². The number of rotatable bonds is 4. The number of halogens is 3. The summed E-state index contributed by atoms with van der Waals surface area (Å²) in [5.74, 6) is 0.951. The third-order valence-electron chi connectivity index (χ3n) is 7.25. The van der Waals surface area contributed by atoms with Gasteiger partial charge in [-0.2, -0.15) is 13.2 Å². The van der Waals surface area contributed by atoms with E-state index in [2.05, 4.69) is 4.90 Å². The first-order valence-corrected chi connectivity index (χ1v) is 12.8. The van der Waals surface area contributed by atoms with Crippen LogP contribution in [0, 0.1) is 0 Å². The van der Waals surface area contributed by atoms with Gasteiger partial charge < -0.3 is 19.1 Å². The molecule has 4 rings (SSSR count). The number of hydrogen-bond acceptors (Lipinski definition) is 5. The van der Waals surface area contributed by atoms with Crippen LogP contribution in [0.15, 0.2) is 42.5 Å². The number of amides is 1. The molecule has 2 aromatic rings. The van der Waals surface area contributed by atoms with Crippen LogP contribution in [0.1, 0.15) is 53.6 Å². The van der Waals surface area contributed by atoms with E-state index in [1.165, 1.54) is 12.1 Å². The van der Waals surface area contributed by atoms with Crippen molar-refractivity contribution in [3.8, 4) is 11.5 Å². The van der Waals surface area contributed by atoms with Crippen LogP contribution in [-0.2, 0) is 17.5 Å². The molecule has 0 spiro atoms. The molecular weight excluding hydrogens is 485 g/mol. The Hall–Kier alpha value is -2.78. The standard InChI is InChI=1S/C28H35F3N2O4/c1-35-22-11-12-23-26(18-22)37-16-15-32(19-20-7-5-8-21(17-20)28(29,30)31)13-4-3-9-24-25(36-2)10-6-14-33(24)27(23)34/h5,7-8,11-12,17-18,24-25H,3-4,6,9-10,13-16,19H2,1-2H3/t24-,25-/m1/s1. The average molecular weight is 521 g/mol. The van der Waals surface area contributed by atoms with Gasteiger partial charge in [0.2, 0.25) is 0 Å². The summed E-state index contributed by atoms with van der Waals surface area (Å²) in [5, 5.41) is 0. The van der Waals surface area contributed by atoms with Crippen LogP contribution < -0.4 is 9.47 Å². The molecule has 0 saturated carbocycles. The van der Waals surface area contributed by atoms with Gasteiger partial charge in [-0.05, 0) is 56.0 Å². The summed E-state index contributed by atoms with van der Waals surface area (Å²) in [7, 11) is 3.25. The average Bonchev–Trinajstić information content (AvgIpc) is 2.90. The van der Waals surface area contributed by atoms with E-state index in [1.54, 1.807) is 38.5 Å². The summed E-state index contributed by atoms with van der Waals surface area (Å²) in [5.41, 5.74) is 0.440. The molecule has 0 aliphatic carbocycles. The number of carbonyl (C=O) groups excluding carboxylic acids is 1. The summed E-state index contributed by atoms with van der Waals surface area (Å²) < 4.78 is 56.9. The molecule has 2 aliphatic rings. The van der Waals surface area contributed by atoms with Gasteiger partial charge in [0.05, 0.1) is 30.4 Å². The lowest BCUT2D eigenvalue weighted by atomic mass is 9.93. The van der Waals surface area contributed by atoms with Crippen LogP contribution in [0.4, 0.5) is 13.2 Å². The van der Waals surface area contributed by atoms with Crippen molar-refractivity contribution < 1.29 is 32.2 Å². The summed E-state index contributed by atoms with van der Waals surface area (Å²) in [6.45, 7) is 2.55. The number of ether oxygens (including phenoxy) is 3. The minimum atomic E-state index is -4.38. The first-order valence-electron chi connectivity index (χ1n) is 12.8. The molecule has 0 N–H and O–H groups in total. The third kappa shape index (κ3) is 6.76. The lowest BCUT2D eigenvalue weighted by Crippen LogP contribution is -2.51. The number of benzene rings is 2. The maximum Gasteiger partial charge on any atom is 0.416 e. The molecule has 1 saturated heterocycles. The van der Waals surface area contributed by atoms with Crippen molar-refractivity contribution in [3.63, 3.8) is 0 Å². The summed E-state index contributed by atoms with van der Waals surface area (Å²) >= 11 is 0. The maximum absolute atomic E-state index is 13.7. The van der Waals surface area contributed by atoms with Crippen LogP contribution >= 0.6 is 0 Å². The molecule has 2 heterocycles. The Morgan fingerprint density at radius 1 is 1.00 bits per heavy atom. The third-order valence-corrected chi connectivity index (χ3v) is 7.25. The molecule has 2 aliphatic heterocycles. The van der Waals surface area contributed by atoms with E-state index in [-0.39, 0.29) is 24.7 Å². The molecule has 0 aromatic heterocycles. The van der Waals surface area contributed by atoms with Crippen molar-refractivity contribution in [1.82, 2.24) is 9.80 Å². The van der Waals surface area contributed by atoms with Gasteiger partial charge in [-0.25, -0.2) is 0 Å². The number of carbonyl (C=O) groups is 1. The highest BCUT2D eigenvalue weighted by molar-refractivity contribution is 5.97. The Balaban J connectivity index is 1.59. The van der Waals surface area contributed by atoms with Gasteiger partial charge in [0, 0.05) is 32.8 Å². The van der Waals surface area contributed by atoms with Crippen molar-refractivity contribution in [2.75, 3.05) is 40.5 Å². The van der Waals surface area contributed by atoms with E-state index in [9.17, 15) is 18.0 Å². The maximum atomic E-state index is 13.7. The molecule has 202 valence electrons. The topological polar surface area (TPSA) is 51.2 Å². The van der Waals surface area contributed by atoms with Crippen molar-refractivity contribution in [3.05, 3.63) is 59.2 Å². The number of alkyl halides is 3. The molecule has 37 heavy (non-hydrogen) atoms. The number of nitrogens with zero attached hydrogens (tertiary/aromatic N) is 2. The largest absolute Gasteiger partial charge is 0.497 e. The number of hydrogen-bond donors (Lipinski definition) is 0. The van der Waals surface area contributed by atoms with Crippen LogP contribution in [0.3, 0.4) is 0 Å². The van der Waals surface area contributed by atoms with E-state index in [0.29, 0.717) is 48.8 Å². The monoisotopic (exact) mass is 520 g/mol. The fourth-order valence-electron chi connectivity index (χ4n) is 5.32. The van der Waals surface area contributed by atoms with Gasteiger partial charge in [-0.3, -0.25) is 9.69 Å². The molecule has 1 fully saturated rings. The molecule has 0 unspecified atom stereocenters. The Morgan fingerprint density at radius 3 is 2.59 bits per heavy atom.